The van der Waals surface area contributed by atoms with Crippen LogP contribution in [0.4, 0.5) is 5.69 Å². The van der Waals surface area contributed by atoms with Gasteiger partial charge in [0.15, 0.2) is 0 Å². The van der Waals surface area contributed by atoms with E-state index < -0.39 is 17.9 Å². The molecule has 2 aromatic rings. The van der Waals surface area contributed by atoms with Crippen LogP contribution < -0.4 is 11.1 Å². The van der Waals surface area contributed by atoms with Gasteiger partial charge in [0, 0.05) is 13.0 Å². The molecule has 1 amide bonds. The van der Waals surface area contributed by atoms with Gasteiger partial charge in [-0.15, -0.1) is 0 Å². The van der Waals surface area contributed by atoms with Gasteiger partial charge in [-0.25, -0.2) is 4.79 Å². The summed E-state index contributed by atoms with van der Waals surface area (Å²) in [6, 6.07) is 8.65. The number of ether oxygens (including phenoxy) is 1. The van der Waals surface area contributed by atoms with E-state index in [0.717, 1.165) is 5.56 Å². The lowest BCUT2D eigenvalue weighted by atomic mass is 10.1. The number of nitrogen functional groups attached to an aromatic ring is 1. The summed E-state index contributed by atoms with van der Waals surface area (Å²) in [5, 5.41) is 6.98. The number of aromatic nitrogens is 2. The summed E-state index contributed by atoms with van der Waals surface area (Å²) in [6.45, 7) is 6.09. The predicted octanol–water partition coefficient (Wildman–Crippen LogP) is 1.70. The lowest BCUT2D eigenvalue weighted by molar-refractivity contribution is -0.145. The van der Waals surface area contributed by atoms with Crippen molar-refractivity contribution >= 4 is 17.6 Å². The minimum atomic E-state index is -0.797. The summed E-state index contributed by atoms with van der Waals surface area (Å²) in [4.78, 5) is 25.0. The summed E-state index contributed by atoms with van der Waals surface area (Å²) in [5.74, 6) is -0.911. The Bertz CT molecular complexity index is 740. The molecule has 0 radical (unpaired) electrons. The molecule has 0 saturated heterocycles. The van der Waals surface area contributed by atoms with Gasteiger partial charge in [-0.3, -0.25) is 9.48 Å². The van der Waals surface area contributed by atoms with Crippen molar-refractivity contribution in [2.24, 2.45) is 0 Å². The number of benzene rings is 1. The van der Waals surface area contributed by atoms with Gasteiger partial charge in [0.25, 0.3) is 5.91 Å². The Morgan fingerprint density at radius 1 is 1.28 bits per heavy atom. The third-order valence-electron chi connectivity index (χ3n) is 3.85. The van der Waals surface area contributed by atoms with Crippen molar-refractivity contribution in [1.29, 1.82) is 0 Å². The van der Waals surface area contributed by atoms with E-state index in [-0.39, 0.29) is 12.3 Å². The first-order chi connectivity index (χ1) is 12.0. The van der Waals surface area contributed by atoms with Crippen molar-refractivity contribution in [3.05, 3.63) is 47.3 Å². The number of hydrogen-bond donors (Lipinski definition) is 2. The lowest BCUT2D eigenvalue weighted by Gasteiger charge is -2.18. The number of rotatable bonds is 7. The minimum absolute atomic E-state index is 0.244. The van der Waals surface area contributed by atoms with Crippen LogP contribution in [0.5, 0.6) is 0 Å². The molecule has 0 spiro atoms. The molecule has 7 nitrogen and oxygen atoms in total. The van der Waals surface area contributed by atoms with E-state index in [1.165, 1.54) is 4.68 Å². The maximum Gasteiger partial charge on any atom is 0.328 e. The van der Waals surface area contributed by atoms with E-state index in [9.17, 15) is 9.59 Å². The van der Waals surface area contributed by atoms with Gasteiger partial charge >= 0.3 is 5.97 Å². The fourth-order valence-corrected chi connectivity index (χ4v) is 2.58. The molecule has 1 atom stereocenters. The van der Waals surface area contributed by atoms with Crippen LogP contribution in [-0.4, -0.2) is 34.3 Å². The van der Waals surface area contributed by atoms with Gasteiger partial charge in [-0.2, -0.15) is 5.10 Å². The lowest BCUT2D eigenvalue weighted by Crippen LogP contribution is -2.44. The second-order valence-electron chi connectivity index (χ2n) is 5.63. The summed E-state index contributed by atoms with van der Waals surface area (Å²) in [6.07, 6.45) is 0.338. The molecule has 134 valence electrons. The summed E-state index contributed by atoms with van der Waals surface area (Å²) < 4.78 is 6.63. The van der Waals surface area contributed by atoms with Gasteiger partial charge in [0.05, 0.1) is 18.0 Å². The molecular weight excluding hydrogens is 320 g/mol. The average molecular weight is 344 g/mol. The quantitative estimate of drug-likeness (QED) is 0.745. The van der Waals surface area contributed by atoms with E-state index in [1.54, 1.807) is 13.8 Å². The Kier molecular flexibility index (Phi) is 6.16. The van der Waals surface area contributed by atoms with Crippen LogP contribution >= 0.6 is 0 Å². The Labute approximate surface area is 147 Å². The van der Waals surface area contributed by atoms with Crippen LogP contribution in [0.2, 0.25) is 0 Å². The SMILES string of the molecule is CCOC(=O)C(Cc1ccccc1)NC(=O)c1c(N)c(C)nn1CC. The first kappa shape index (κ1) is 18.5. The third kappa shape index (κ3) is 4.37. The smallest absolute Gasteiger partial charge is 0.328 e. The number of nitrogens with two attached hydrogens (primary N) is 1. The molecule has 0 aliphatic heterocycles. The van der Waals surface area contributed by atoms with Gasteiger partial charge in [0.2, 0.25) is 0 Å². The monoisotopic (exact) mass is 344 g/mol. The van der Waals surface area contributed by atoms with Crippen molar-refractivity contribution in [2.75, 3.05) is 12.3 Å². The number of nitrogens with zero attached hydrogens (tertiary/aromatic N) is 2. The van der Waals surface area contributed by atoms with E-state index >= 15 is 0 Å². The number of amides is 1. The number of hydrogen-bond acceptors (Lipinski definition) is 5. The first-order valence-electron chi connectivity index (χ1n) is 8.32. The van der Waals surface area contributed by atoms with Gasteiger partial charge in [0.1, 0.15) is 11.7 Å². The molecule has 7 heteroatoms. The van der Waals surface area contributed by atoms with E-state index in [2.05, 4.69) is 10.4 Å². The molecule has 1 heterocycles. The van der Waals surface area contributed by atoms with Crippen molar-refractivity contribution in [2.45, 2.75) is 39.8 Å². The normalized spacial score (nSPS) is 11.8. The third-order valence-corrected chi connectivity index (χ3v) is 3.85. The number of carbonyl (C=O) groups is 2. The van der Waals surface area contributed by atoms with E-state index in [1.807, 2.05) is 37.3 Å². The van der Waals surface area contributed by atoms with Gasteiger partial charge in [-0.1, -0.05) is 30.3 Å². The predicted molar refractivity (Wildman–Crippen MR) is 95.1 cm³/mol. The van der Waals surface area contributed by atoms with Crippen LogP contribution in [0.25, 0.3) is 0 Å². The van der Waals surface area contributed by atoms with Crippen LogP contribution in [0.15, 0.2) is 30.3 Å². The van der Waals surface area contributed by atoms with Crippen LogP contribution in [-0.2, 0) is 22.5 Å². The van der Waals surface area contributed by atoms with Crippen molar-refractivity contribution in [1.82, 2.24) is 15.1 Å². The van der Waals surface area contributed by atoms with Crippen molar-refractivity contribution < 1.29 is 14.3 Å². The Morgan fingerprint density at radius 3 is 2.56 bits per heavy atom. The largest absolute Gasteiger partial charge is 0.464 e. The van der Waals surface area contributed by atoms with Crippen LogP contribution in [0.3, 0.4) is 0 Å². The zero-order chi connectivity index (χ0) is 18.4. The highest BCUT2D eigenvalue weighted by Gasteiger charge is 2.26. The van der Waals surface area contributed by atoms with Crippen LogP contribution in [0, 0.1) is 6.92 Å². The number of esters is 1. The van der Waals surface area contributed by atoms with Crippen molar-refractivity contribution in [3.8, 4) is 0 Å². The zero-order valence-corrected chi connectivity index (χ0v) is 14.8. The standard InChI is InChI=1S/C18H24N4O3/c1-4-22-16(15(19)12(3)21-22)17(23)20-14(18(24)25-5-2)11-13-9-7-6-8-10-13/h6-10,14H,4-5,11,19H2,1-3H3,(H,20,23). The molecule has 25 heavy (non-hydrogen) atoms. The number of aryl methyl sites for hydroxylation is 2. The summed E-state index contributed by atoms with van der Waals surface area (Å²) in [7, 11) is 0. The fourth-order valence-electron chi connectivity index (χ4n) is 2.58. The van der Waals surface area contributed by atoms with Gasteiger partial charge < -0.3 is 15.8 Å². The maximum absolute atomic E-state index is 12.7. The van der Waals surface area contributed by atoms with Crippen LogP contribution in [0.1, 0.15) is 35.6 Å². The molecule has 0 bridgehead atoms. The maximum atomic E-state index is 12.7. The average Bonchev–Trinajstić information content (AvgIpc) is 2.90. The number of anilines is 1. The highest BCUT2D eigenvalue weighted by Crippen LogP contribution is 2.17. The number of carbonyl (C=O) groups excluding carboxylic acids is 2. The van der Waals surface area contributed by atoms with Gasteiger partial charge in [-0.05, 0) is 26.3 Å². The highest BCUT2D eigenvalue weighted by atomic mass is 16.5. The minimum Gasteiger partial charge on any atom is -0.464 e. The Balaban J connectivity index is 2.24. The first-order valence-corrected chi connectivity index (χ1v) is 8.32. The zero-order valence-electron chi connectivity index (χ0n) is 14.8. The highest BCUT2D eigenvalue weighted by molar-refractivity contribution is 6.00. The molecule has 1 unspecified atom stereocenters. The second-order valence-corrected chi connectivity index (χ2v) is 5.63. The van der Waals surface area contributed by atoms with Crippen molar-refractivity contribution in [3.63, 3.8) is 0 Å². The van der Waals surface area contributed by atoms with E-state index in [0.29, 0.717) is 24.3 Å². The molecular formula is C18H24N4O3. The molecule has 1 aromatic carbocycles. The molecule has 0 fully saturated rings. The second kappa shape index (κ2) is 8.32. The fraction of sp³-hybridized carbons (Fsp3) is 0.389. The summed E-state index contributed by atoms with van der Waals surface area (Å²) in [5.41, 5.74) is 8.08. The Morgan fingerprint density at radius 2 is 1.96 bits per heavy atom. The Hall–Kier alpha value is -2.83. The van der Waals surface area contributed by atoms with E-state index in [4.69, 9.17) is 10.5 Å². The molecule has 0 aliphatic rings. The molecule has 3 N–H and O–H groups in total. The molecule has 2 rings (SSSR count). The molecule has 0 saturated carbocycles. The molecule has 0 aliphatic carbocycles. The molecule has 1 aromatic heterocycles. The summed E-state index contributed by atoms with van der Waals surface area (Å²) >= 11 is 0. The number of nitrogens with one attached hydrogen (secondary N) is 1. The topological polar surface area (TPSA) is 99.2 Å².